The van der Waals surface area contributed by atoms with Crippen molar-refractivity contribution in [1.29, 1.82) is 5.26 Å². The van der Waals surface area contributed by atoms with Crippen molar-refractivity contribution in [2.24, 2.45) is 5.18 Å². The number of nitrogens with zero attached hydrogens (tertiary/aromatic N) is 3. The zero-order valence-electron chi connectivity index (χ0n) is 9.71. The van der Waals surface area contributed by atoms with Crippen LogP contribution < -0.4 is 5.32 Å². The van der Waals surface area contributed by atoms with Crippen molar-refractivity contribution in [3.8, 4) is 6.07 Å². The normalized spacial score (nSPS) is 9.56. The van der Waals surface area contributed by atoms with Gasteiger partial charge in [0.2, 0.25) is 0 Å². The molecule has 0 fully saturated rings. The van der Waals surface area contributed by atoms with E-state index in [9.17, 15) is 4.91 Å². The number of rotatable bonds is 3. The molecule has 0 saturated heterocycles. The van der Waals surface area contributed by atoms with Gasteiger partial charge in [-0.2, -0.15) is 5.26 Å². The zero-order chi connectivity index (χ0) is 13.0. The van der Waals surface area contributed by atoms with Crippen LogP contribution in [0, 0.1) is 23.2 Å². The number of nitriles is 1. The molecule has 0 aliphatic rings. The van der Waals surface area contributed by atoms with Gasteiger partial charge in [-0.05, 0) is 48.5 Å². The maximum Gasteiger partial charge on any atom is 0.148 e. The van der Waals surface area contributed by atoms with Gasteiger partial charge in [0.25, 0.3) is 0 Å². The van der Waals surface area contributed by atoms with E-state index < -0.39 is 0 Å². The molecule has 1 heterocycles. The van der Waals surface area contributed by atoms with Crippen LogP contribution in [0.4, 0.5) is 17.2 Å². The van der Waals surface area contributed by atoms with Gasteiger partial charge in [-0.15, -0.1) is 4.91 Å². The number of anilines is 2. The molecule has 0 amide bonds. The lowest BCUT2D eigenvalue weighted by Gasteiger charge is -2.07. The largest absolute Gasteiger partial charge is 0.339 e. The maximum atomic E-state index is 10.3. The van der Waals surface area contributed by atoms with Gasteiger partial charge in [0.1, 0.15) is 17.6 Å². The molecule has 18 heavy (non-hydrogen) atoms. The van der Waals surface area contributed by atoms with Crippen molar-refractivity contribution in [2.45, 2.75) is 6.92 Å². The van der Waals surface area contributed by atoms with Gasteiger partial charge >= 0.3 is 0 Å². The molecule has 1 aromatic carbocycles. The highest BCUT2D eigenvalue weighted by molar-refractivity contribution is 5.64. The highest BCUT2D eigenvalue weighted by Gasteiger charge is 2.04. The average molecular weight is 238 g/mol. The van der Waals surface area contributed by atoms with E-state index in [2.05, 4.69) is 21.5 Å². The molecule has 2 rings (SSSR count). The van der Waals surface area contributed by atoms with E-state index in [1.165, 1.54) is 0 Å². The van der Waals surface area contributed by atoms with E-state index in [1.54, 1.807) is 36.4 Å². The van der Waals surface area contributed by atoms with Crippen molar-refractivity contribution in [1.82, 2.24) is 4.98 Å². The average Bonchev–Trinajstić information content (AvgIpc) is 2.40. The molecule has 0 saturated carbocycles. The fraction of sp³-hybridized carbons (Fsp3) is 0.0769. The Kier molecular flexibility index (Phi) is 3.30. The summed E-state index contributed by atoms with van der Waals surface area (Å²) in [7, 11) is 0. The van der Waals surface area contributed by atoms with Crippen LogP contribution in [-0.4, -0.2) is 4.98 Å². The van der Waals surface area contributed by atoms with Crippen molar-refractivity contribution >= 4 is 17.2 Å². The Labute approximate surface area is 104 Å². The second-order valence-electron chi connectivity index (χ2n) is 3.72. The Morgan fingerprint density at radius 2 is 1.94 bits per heavy atom. The van der Waals surface area contributed by atoms with Gasteiger partial charge in [-0.1, -0.05) is 0 Å². The van der Waals surface area contributed by atoms with Crippen LogP contribution in [0.3, 0.4) is 0 Å². The monoisotopic (exact) mass is 238 g/mol. The van der Waals surface area contributed by atoms with Crippen molar-refractivity contribution in [3.05, 3.63) is 52.6 Å². The van der Waals surface area contributed by atoms with Crippen LogP contribution in [-0.2, 0) is 0 Å². The molecule has 5 heteroatoms. The summed E-state index contributed by atoms with van der Waals surface area (Å²) in [6.45, 7) is 1.85. The van der Waals surface area contributed by atoms with Crippen LogP contribution in [0.1, 0.15) is 11.3 Å². The molecule has 2 aromatic rings. The summed E-state index contributed by atoms with van der Waals surface area (Å²) in [6.07, 6.45) is 0. The van der Waals surface area contributed by atoms with E-state index in [0.717, 1.165) is 11.4 Å². The lowest BCUT2D eigenvalue weighted by Crippen LogP contribution is -1.97. The molecule has 5 nitrogen and oxygen atoms in total. The van der Waals surface area contributed by atoms with E-state index in [0.29, 0.717) is 17.1 Å². The Hall–Kier alpha value is -2.74. The standard InChI is InChI=1S/C13H10N4O/c1-9-2-3-10(8-14)13(15-9)16-11-4-6-12(17-18)7-5-11/h2-7H,1H3,(H,15,16). The summed E-state index contributed by atoms with van der Waals surface area (Å²) in [6, 6.07) is 12.2. The molecule has 0 unspecified atom stereocenters. The minimum absolute atomic E-state index is 0.359. The van der Waals surface area contributed by atoms with Crippen molar-refractivity contribution < 1.29 is 0 Å². The first-order chi connectivity index (χ1) is 8.72. The van der Waals surface area contributed by atoms with Gasteiger partial charge in [-0.25, -0.2) is 4.98 Å². The molecule has 0 bridgehead atoms. The van der Waals surface area contributed by atoms with E-state index in [-0.39, 0.29) is 0 Å². The first-order valence-corrected chi connectivity index (χ1v) is 5.31. The molecular formula is C13H10N4O. The summed E-state index contributed by atoms with van der Waals surface area (Å²) in [5, 5.41) is 14.8. The fourth-order valence-electron chi connectivity index (χ4n) is 1.48. The van der Waals surface area contributed by atoms with E-state index >= 15 is 0 Å². The predicted molar refractivity (Wildman–Crippen MR) is 68.9 cm³/mol. The number of hydrogen-bond acceptors (Lipinski definition) is 5. The summed E-state index contributed by atoms with van der Waals surface area (Å²) < 4.78 is 0. The quantitative estimate of drug-likeness (QED) is 0.831. The SMILES string of the molecule is Cc1ccc(C#N)c(Nc2ccc(N=O)cc2)n1. The number of nitroso groups, excluding NO2 is 1. The molecule has 0 atom stereocenters. The Bertz CT molecular complexity index is 614. The molecule has 0 aliphatic heterocycles. The van der Waals surface area contributed by atoms with Crippen molar-refractivity contribution in [2.75, 3.05) is 5.32 Å². The zero-order valence-corrected chi connectivity index (χ0v) is 9.71. The van der Waals surface area contributed by atoms with Gasteiger partial charge in [0.05, 0.1) is 5.56 Å². The topological polar surface area (TPSA) is 78.1 Å². The highest BCUT2D eigenvalue weighted by atomic mass is 16.3. The van der Waals surface area contributed by atoms with Crippen LogP contribution in [0.2, 0.25) is 0 Å². The second kappa shape index (κ2) is 5.06. The van der Waals surface area contributed by atoms with Gasteiger partial charge in [0, 0.05) is 11.4 Å². The molecule has 0 aliphatic carbocycles. The third-order valence-corrected chi connectivity index (χ3v) is 2.39. The molecule has 0 spiro atoms. The molecular weight excluding hydrogens is 228 g/mol. The van der Waals surface area contributed by atoms with E-state index in [1.807, 2.05) is 6.92 Å². The Morgan fingerprint density at radius 3 is 2.56 bits per heavy atom. The lowest BCUT2D eigenvalue weighted by atomic mass is 10.2. The Morgan fingerprint density at radius 1 is 1.22 bits per heavy atom. The minimum atomic E-state index is 0.359. The van der Waals surface area contributed by atoms with E-state index in [4.69, 9.17) is 5.26 Å². The van der Waals surface area contributed by atoms with Crippen LogP contribution >= 0.6 is 0 Å². The molecule has 1 aromatic heterocycles. The number of nitrogens with one attached hydrogen (secondary N) is 1. The summed E-state index contributed by atoms with van der Waals surface area (Å²) in [5.74, 6) is 0.504. The lowest BCUT2D eigenvalue weighted by molar-refractivity contribution is 1.19. The van der Waals surface area contributed by atoms with Crippen LogP contribution in [0.15, 0.2) is 41.6 Å². The number of aryl methyl sites for hydroxylation is 1. The summed E-state index contributed by atoms with van der Waals surface area (Å²) in [4.78, 5) is 14.6. The maximum absolute atomic E-state index is 10.3. The Balaban J connectivity index is 2.30. The third-order valence-electron chi connectivity index (χ3n) is 2.39. The van der Waals surface area contributed by atoms with Crippen molar-refractivity contribution in [3.63, 3.8) is 0 Å². The first kappa shape index (κ1) is 11.7. The minimum Gasteiger partial charge on any atom is -0.339 e. The van der Waals surface area contributed by atoms with Gasteiger partial charge < -0.3 is 5.32 Å². The summed E-state index contributed by atoms with van der Waals surface area (Å²) >= 11 is 0. The first-order valence-electron chi connectivity index (χ1n) is 5.31. The van der Waals surface area contributed by atoms with Gasteiger partial charge in [0.15, 0.2) is 0 Å². The molecule has 1 N–H and O–H groups in total. The number of aromatic nitrogens is 1. The second-order valence-corrected chi connectivity index (χ2v) is 3.72. The highest BCUT2D eigenvalue weighted by Crippen LogP contribution is 2.21. The predicted octanol–water partition coefficient (Wildman–Crippen LogP) is 3.40. The van der Waals surface area contributed by atoms with Crippen LogP contribution in [0.5, 0.6) is 0 Å². The number of pyridine rings is 1. The molecule has 88 valence electrons. The smallest absolute Gasteiger partial charge is 0.148 e. The fourth-order valence-corrected chi connectivity index (χ4v) is 1.48. The molecule has 0 radical (unpaired) electrons. The third kappa shape index (κ3) is 2.50. The number of benzene rings is 1. The number of hydrogen-bond donors (Lipinski definition) is 1. The summed E-state index contributed by atoms with van der Waals surface area (Å²) in [5.41, 5.74) is 2.40. The van der Waals surface area contributed by atoms with Gasteiger partial charge in [-0.3, -0.25) is 0 Å². The van der Waals surface area contributed by atoms with Crippen LogP contribution in [0.25, 0.3) is 0 Å².